The van der Waals surface area contributed by atoms with Crippen LogP contribution in [0.5, 0.6) is 0 Å². The zero-order valence-corrected chi connectivity index (χ0v) is 10.3. The number of thioether (sulfide) groups is 1. The van der Waals surface area contributed by atoms with Gasteiger partial charge in [-0.3, -0.25) is 4.79 Å². The van der Waals surface area contributed by atoms with Gasteiger partial charge in [0.1, 0.15) is 0 Å². The number of rotatable bonds is 5. The smallest absolute Gasteiger partial charge is 0.327 e. The summed E-state index contributed by atoms with van der Waals surface area (Å²) in [4.78, 5) is 16.5. The molecule has 0 aliphatic rings. The standard InChI is InChI=1S/C11H16N2O2S/c1-8-3-4-10(7-9(8)2)16-6-5-11(14)15-13-12/h3-4,7,13H,5-6,12H2,1-2H3. The second-order valence-electron chi connectivity index (χ2n) is 3.44. The maximum Gasteiger partial charge on any atom is 0.327 e. The summed E-state index contributed by atoms with van der Waals surface area (Å²) >= 11 is 1.63. The molecule has 0 aliphatic carbocycles. The fourth-order valence-corrected chi connectivity index (χ4v) is 2.10. The summed E-state index contributed by atoms with van der Waals surface area (Å²) in [5.74, 6) is 5.18. The summed E-state index contributed by atoms with van der Waals surface area (Å²) in [7, 11) is 0. The minimum absolute atomic E-state index is 0.335. The van der Waals surface area contributed by atoms with E-state index in [1.807, 2.05) is 5.59 Å². The van der Waals surface area contributed by atoms with Gasteiger partial charge in [-0.25, -0.2) is 5.84 Å². The highest BCUT2D eigenvalue weighted by atomic mass is 32.2. The van der Waals surface area contributed by atoms with E-state index in [4.69, 9.17) is 5.84 Å². The van der Waals surface area contributed by atoms with Gasteiger partial charge in [0.05, 0.1) is 6.42 Å². The predicted octanol–water partition coefficient (Wildman–Crippen LogP) is 1.71. The Morgan fingerprint density at radius 3 is 2.81 bits per heavy atom. The molecule has 0 fully saturated rings. The van der Waals surface area contributed by atoms with E-state index in [9.17, 15) is 4.79 Å². The second-order valence-corrected chi connectivity index (χ2v) is 4.60. The lowest BCUT2D eigenvalue weighted by atomic mass is 10.1. The third kappa shape index (κ3) is 4.22. The van der Waals surface area contributed by atoms with Gasteiger partial charge in [0, 0.05) is 10.6 Å². The van der Waals surface area contributed by atoms with E-state index in [1.54, 1.807) is 11.8 Å². The van der Waals surface area contributed by atoms with E-state index < -0.39 is 0 Å². The molecule has 0 saturated heterocycles. The van der Waals surface area contributed by atoms with Crippen LogP contribution in [0.4, 0.5) is 0 Å². The van der Waals surface area contributed by atoms with Crippen molar-refractivity contribution in [3.05, 3.63) is 29.3 Å². The van der Waals surface area contributed by atoms with Crippen molar-refractivity contribution in [1.82, 2.24) is 5.59 Å². The molecule has 0 spiro atoms. The van der Waals surface area contributed by atoms with Crippen LogP contribution in [0.25, 0.3) is 0 Å². The first-order valence-electron chi connectivity index (χ1n) is 4.99. The summed E-state index contributed by atoms with van der Waals surface area (Å²) < 4.78 is 0. The number of hydrazine groups is 1. The van der Waals surface area contributed by atoms with Gasteiger partial charge in [-0.05, 0) is 37.1 Å². The van der Waals surface area contributed by atoms with Crippen LogP contribution >= 0.6 is 11.8 Å². The molecule has 0 amide bonds. The number of benzene rings is 1. The Labute approximate surface area is 99.5 Å². The monoisotopic (exact) mass is 240 g/mol. The fourth-order valence-electron chi connectivity index (χ4n) is 1.17. The lowest BCUT2D eigenvalue weighted by molar-refractivity contribution is -0.150. The summed E-state index contributed by atoms with van der Waals surface area (Å²) in [5, 5.41) is 0. The highest BCUT2D eigenvalue weighted by Crippen LogP contribution is 2.21. The Morgan fingerprint density at radius 1 is 1.44 bits per heavy atom. The van der Waals surface area contributed by atoms with Crippen molar-refractivity contribution in [2.24, 2.45) is 5.84 Å². The van der Waals surface area contributed by atoms with Gasteiger partial charge in [-0.15, -0.1) is 11.8 Å². The first-order chi connectivity index (χ1) is 7.63. The van der Waals surface area contributed by atoms with Crippen LogP contribution in [0.2, 0.25) is 0 Å². The average Bonchev–Trinajstić information content (AvgIpc) is 2.24. The molecule has 0 aliphatic heterocycles. The Morgan fingerprint density at radius 2 is 2.19 bits per heavy atom. The number of carbonyl (C=O) groups excluding carboxylic acids is 1. The maximum absolute atomic E-state index is 11.0. The molecule has 1 rings (SSSR count). The van der Waals surface area contributed by atoms with Crippen LogP contribution in [0, 0.1) is 13.8 Å². The van der Waals surface area contributed by atoms with Crippen molar-refractivity contribution < 1.29 is 9.63 Å². The molecular weight excluding hydrogens is 224 g/mol. The quantitative estimate of drug-likeness (QED) is 0.466. The van der Waals surface area contributed by atoms with Gasteiger partial charge in [0.15, 0.2) is 0 Å². The van der Waals surface area contributed by atoms with Crippen LogP contribution in [0.3, 0.4) is 0 Å². The molecule has 0 aromatic heterocycles. The molecule has 0 atom stereocenters. The molecular formula is C11H16N2O2S. The summed E-state index contributed by atoms with van der Waals surface area (Å²) in [5.41, 5.74) is 4.41. The van der Waals surface area contributed by atoms with E-state index in [1.165, 1.54) is 11.1 Å². The van der Waals surface area contributed by atoms with Crippen LogP contribution in [0.15, 0.2) is 23.1 Å². The topological polar surface area (TPSA) is 64.3 Å². The van der Waals surface area contributed by atoms with Gasteiger partial charge >= 0.3 is 5.97 Å². The maximum atomic E-state index is 11.0. The van der Waals surface area contributed by atoms with Gasteiger partial charge in [0.2, 0.25) is 0 Å². The highest BCUT2D eigenvalue weighted by Gasteiger charge is 2.03. The highest BCUT2D eigenvalue weighted by molar-refractivity contribution is 7.99. The first kappa shape index (κ1) is 13.0. The summed E-state index contributed by atoms with van der Waals surface area (Å²) in [6.45, 7) is 4.15. The fraction of sp³-hybridized carbons (Fsp3) is 0.364. The summed E-state index contributed by atoms with van der Waals surface area (Å²) in [6.07, 6.45) is 0.335. The molecule has 1 aromatic carbocycles. The number of aryl methyl sites for hydroxylation is 2. The molecule has 0 bridgehead atoms. The number of carbonyl (C=O) groups is 1. The van der Waals surface area contributed by atoms with Gasteiger partial charge in [-0.2, -0.15) is 0 Å². The zero-order valence-electron chi connectivity index (χ0n) is 9.45. The van der Waals surface area contributed by atoms with Crippen molar-refractivity contribution in [2.45, 2.75) is 25.2 Å². The molecule has 0 radical (unpaired) electrons. The molecule has 1 aromatic rings. The van der Waals surface area contributed by atoms with Gasteiger partial charge < -0.3 is 4.84 Å². The van der Waals surface area contributed by atoms with Crippen molar-refractivity contribution in [1.29, 1.82) is 0 Å². The molecule has 5 heteroatoms. The summed E-state index contributed by atoms with van der Waals surface area (Å²) in [6, 6.07) is 6.25. The van der Waals surface area contributed by atoms with Crippen LogP contribution in [0.1, 0.15) is 17.5 Å². The third-order valence-electron chi connectivity index (χ3n) is 2.23. The lowest BCUT2D eigenvalue weighted by Gasteiger charge is -2.04. The van der Waals surface area contributed by atoms with E-state index in [0.717, 1.165) is 4.90 Å². The van der Waals surface area contributed by atoms with E-state index >= 15 is 0 Å². The van der Waals surface area contributed by atoms with Crippen molar-refractivity contribution in [2.75, 3.05) is 5.75 Å². The molecule has 0 heterocycles. The predicted molar refractivity (Wildman–Crippen MR) is 64.7 cm³/mol. The Bertz CT molecular complexity index is 369. The zero-order chi connectivity index (χ0) is 12.0. The third-order valence-corrected chi connectivity index (χ3v) is 3.22. The minimum Gasteiger partial charge on any atom is -0.356 e. The first-order valence-corrected chi connectivity index (χ1v) is 5.97. The lowest BCUT2D eigenvalue weighted by Crippen LogP contribution is -2.26. The SMILES string of the molecule is Cc1ccc(SCCC(=O)ONN)cc1C. The number of nitrogens with one attached hydrogen (secondary N) is 1. The Kier molecular flexibility index (Phi) is 5.31. The van der Waals surface area contributed by atoms with Gasteiger partial charge in [0.25, 0.3) is 0 Å². The van der Waals surface area contributed by atoms with E-state index in [0.29, 0.717) is 12.2 Å². The molecule has 16 heavy (non-hydrogen) atoms. The average molecular weight is 240 g/mol. The van der Waals surface area contributed by atoms with Crippen molar-refractivity contribution >= 4 is 17.7 Å². The molecule has 88 valence electrons. The molecule has 0 saturated carbocycles. The van der Waals surface area contributed by atoms with E-state index in [-0.39, 0.29) is 5.97 Å². The normalized spacial score (nSPS) is 10.2. The number of hydrogen-bond donors (Lipinski definition) is 2. The second kappa shape index (κ2) is 6.52. The molecule has 0 unspecified atom stereocenters. The number of hydrogen-bond acceptors (Lipinski definition) is 5. The molecule has 3 N–H and O–H groups in total. The van der Waals surface area contributed by atoms with E-state index in [2.05, 4.69) is 36.9 Å². The number of nitrogens with two attached hydrogens (primary N) is 1. The van der Waals surface area contributed by atoms with Crippen LogP contribution in [-0.2, 0) is 9.63 Å². The Hall–Kier alpha value is -1.04. The van der Waals surface area contributed by atoms with Crippen LogP contribution < -0.4 is 11.4 Å². The largest absolute Gasteiger partial charge is 0.356 e. The van der Waals surface area contributed by atoms with Crippen molar-refractivity contribution in [3.63, 3.8) is 0 Å². The molecule has 4 nitrogen and oxygen atoms in total. The van der Waals surface area contributed by atoms with Gasteiger partial charge in [-0.1, -0.05) is 11.7 Å². The van der Waals surface area contributed by atoms with Crippen LogP contribution in [-0.4, -0.2) is 11.7 Å². The van der Waals surface area contributed by atoms with Crippen molar-refractivity contribution in [3.8, 4) is 0 Å². The Balaban J connectivity index is 2.37. The minimum atomic E-state index is -0.348.